The minimum atomic E-state index is 0.0613. The first-order chi connectivity index (χ1) is 9.65. The van der Waals surface area contributed by atoms with Crippen LogP contribution < -0.4 is 5.32 Å². The van der Waals surface area contributed by atoms with Crippen LogP contribution in [0.4, 0.5) is 0 Å². The predicted octanol–water partition coefficient (Wildman–Crippen LogP) is 2.93. The molecule has 20 heavy (non-hydrogen) atoms. The monoisotopic (exact) mass is 274 g/mol. The van der Waals surface area contributed by atoms with E-state index in [9.17, 15) is 4.79 Å². The fraction of sp³-hybridized carbons (Fsp3) is 0.588. The van der Waals surface area contributed by atoms with Crippen molar-refractivity contribution in [1.29, 1.82) is 0 Å². The molecule has 0 saturated carbocycles. The third kappa shape index (κ3) is 4.64. The van der Waals surface area contributed by atoms with Crippen molar-refractivity contribution in [2.75, 3.05) is 19.6 Å². The number of rotatable bonds is 5. The standard InChI is InChI=1S/C17H26N2O/c1-14(2)8-11-19-12-9-16(10-13-19)18-17(20)15-6-4-3-5-7-15/h3-7,14,16H,8-13H2,1-2H3,(H,18,20). The summed E-state index contributed by atoms with van der Waals surface area (Å²) in [5.41, 5.74) is 0.759. The molecule has 1 saturated heterocycles. The fourth-order valence-corrected chi connectivity index (χ4v) is 2.60. The number of carbonyl (C=O) groups is 1. The van der Waals surface area contributed by atoms with E-state index in [2.05, 4.69) is 24.1 Å². The van der Waals surface area contributed by atoms with Gasteiger partial charge in [-0.2, -0.15) is 0 Å². The van der Waals surface area contributed by atoms with Gasteiger partial charge < -0.3 is 10.2 Å². The number of carbonyl (C=O) groups excluding carboxylic acids is 1. The van der Waals surface area contributed by atoms with Gasteiger partial charge in [0.25, 0.3) is 5.91 Å². The second-order valence-electron chi connectivity index (χ2n) is 6.14. The van der Waals surface area contributed by atoms with Crippen LogP contribution >= 0.6 is 0 Å². The van der Waals surface area contributed by atoms with Gasteiger partial charge in [-0.25, -0.2) is 0 Å². The van der Waals surface area contributed by atoms with Crippen molar-refractivity contribution < 1.29 is 4.79 Å². The van der Waals surface area contributed by atoms with Crippen LogP contribution in [0.5, 0.6) is 0 Å². The number of likely N-dealkylation sites (tertiary alicyclic amines) is 1. The summed E-state index contributed by atoms with van der Waals surface area (Å²) in [5, 5.41) is 3.15. The van der Waals surface area contributed by atoms with Crippen LogP contribution in [0.1, 0.15) is 43.5 Å². The van der Waals surface area contributed by atoms with E-state index in [-0.39, 0.29) is 5.91 Å². The lowest BCUT2D eigenvalue weighted by Gasteiger charge is -2.32. The minimum Gasteiger partial charge on any atom is -0.349 e. The highest BCUT2D eigenvalue weighted by Gasteiger charge is 2.20. The maximum Gasteiger partial charge on any atom is 0.251 e. The molecule has 1 N–H and O–H groups in total. The van der Waals surface area contributed by atoms with Gasteiger partial charge in [-0.05, 0) is 43.9 Å². The Balaban J connectivity index is 1.73. The number of hydrogen-bond acceptors (Lipinski definition) is 2. The highest BCUT2D eigenvalue weighted by molar-refractivity contribution is 5.94. The van der Waals surface area contributed by atoms with Crippen molar-refractivity contribution in [2.45, 2.75) is 39.2 Å². The number of piperidine rings is 1. The zero-order chi connectivity index (χ0) is 14.4. The summed E-state index contributed by atoms with van der Waals surface area (Å²) in [4.78, 5) is 14.6. The van der Waals surface area contributed by atoms with Gasteiger partial charge in [0.2, 0.25) is 0 Å². The summed E-state index contributed by atoms with van der Waals surface area (Å²) in [6, 6.07) is 9.81. The molecule has 1 fully saturated rings. The molecule has 1 aromatic rings. The topological polar surface area (TPSA) is 32.3 Å². The van der Waals surface area contributed by atoms with Crippen molar-refractivity contribution in [2.24, 2.45) is 5.92 Å². The molecule has 1 aliphatic rings. The Kier molecular flexibility index (Phi) is 5.60. The Morgan fingerprint density at radius 2 is 1.90 bits per heavy atom. The van der Waals surface area contributed by atoms with Crippen LogP contribution in [0, 0.1) is 5.92 Å². The van der Waals surface area contributed by atoms with E-state index in [1.165, 1.54) is 13.0 Å². The third-order valence-electron chi connectivity index (χ3n) is 3.98. The summed E-state index contributed by atoms with van der Waals surface area (Å²) in [6.45, 7) is 7.94. The Morgan fingerprint density at radius 3 is 2.50 bits per heavy atom. The quantitative estimate of drug-likeness (QED) is 0.895. The molecule has 2 rings (SSSR count). The van der Waals surface area contributed by atoms with Gasteiger partial charge >= 0.3 is 0 Å². The molecule has 1 heterocycles. The second kappa shape index (κ2) is 7.44. The lowest BCUT2D eigenvalue weighted by Crippen LogP contribution is -2.45. The fourth-order valence-electron chi connectivity index (χ4n) is 2.60. The van der Waals surface area contributed by atoms with Crippen LogP contribution in [0.15, 0.2) is 30.3 Å². The molecule has 0 radical (unpaired) electrons. The molecule has 3 heteroatoms. The zero-order valence-corrected chi connectivity index (χ0v) is 12.6. The average Bonchev–Trinajstić information content (AvgIpc) is 2.47. The van der Waals surface area contributed by atoms with Gasteiger partial charge in [-0.15, -0.1) is 0 Å². The first-order valence-corrected chi connectivity index (χ1v) is 7.73. The van der Waals surface area contributed by atoms with Crippen molar-refractivity contribution in [3.8, 4) is 0 Å². The van der Waals surface area contributed by atoms with E-state index in [4.69, 9.17) is 0 Å². The maximum atomic E-state index is 12.1. The number of hydrogen-bond donors (Lipinski definition) is 1. The van der Waals surface area contributed by atoms with E-state index >= 15 is 0 Å². The smallest absolute Gasteiger partial charge is 0.251 e. The molecule has 1 aromatic carbocycles. The lowest BCUT2D eigenvalue weighted by atomic mass is 10.0. The molecule has 0 spiro atoms. The summed E-state index contributed by atoms with van der Waals surface area (Å²) < 4.78 is 0. The average molecular weight is 274 g/mol. The molecule has 0 atom stereocenters. The summed E-state index contributed by atoms with van der Waals surface area (Å²) in [7, 11) is 0. The van der Waals surface area contributed by atoms with Crippen molar-refractivity contribution in [1.82, 2.24) is 10.2 Å². The zero-order valence-electron chi connectivity index (χ0n) is 12.6. The number of benzene rings is 1. The highest BCUT2D eigenvalue weighted by atomic mass is 16.1. The summed E-state index contributed by atoms with van der Waals surface area (Å²) in [6.07, 6.45) is 3.40. The predicted molar refractivity (Wildman–Crippen MR) is 82.8 cm³/mol. The van der Waals surface area contributed by atoms with E-state index in [0.717, 1.165) is 37.4 Å². The Hall–Kier alpha value is -1.35. The van der Waals surface area contributed by atoms with Gasteiger partial charge in [-0.1, -0.05) is 32.0 Å². The highest BCUT2D eigenvalue weighted by Crippen LogP contribution is 2.13. The van der Waals surface area contributed by atoms with Crippen LogP contribution in [-0.4, -0.2) is 36.5 Å². The van der Waals surface area contributed by atoms with Gasteiger partial charge in [0, 0.05) is 24.7 Å². The third-order valence-corrected chi connectivity index (χ3v) is 3.98. The lowest BCUT2D eigenvalue weighted by molar-refractivity contribution is 0.0910. The molecular formula is C17H26N2O. The first kappa shape index (κ1) is 15.0. The Bertz CT molecular complexity index is 408. The number of nitrogens with zero attached hydrogens (tertiary/aromatic N) is 1. The SMILES string of the molecule is CC(C)CCN1CCC(NC(=O)c2ccccc2)CC1. The molecule has 110 valence electrons. The van der Waals surface area contributed by atoms with Crippen molar-refractivity contribution >= 4 is 5.91 Å². The molecule has 1 aliphatic heterocycles. The first-order valence-electron chi connectivity index (χ1n) is 7.73. The van der Waals surface area contributed by atoms with E-state index in [1.807, 2.05) is 30.3 Å². The molecule has 0 unspecified atom stereocenters. The summed E-state index contributed by atoms with van der Waals surface area (Å²) in [5.74, 6) is 0.830. The van der Waals surface area contributed by atoms with Gasteiger partial charge in [-0.3, -0.25) is 4.79 Å². The van der Waals surface area contributed by atoms with Crippen LogP contribution in [0.25, 0.3) is 0 Å². The Morgan fingerprint density at radius 1 is 1.25 bits per heavy atom. The summed E-state index contributed by atoms with van der Waals surface area (Å²) >= 11 is 0. The molecule has 0 aliphatic carbocycles. The van der Waals surface area contributed by atoms with Crippen LogP contribution in [-0.2, 0) is 0 Å². The van der Waals surface area contributed by atoms with Gasteiger partial charge in [0.1, 0.15) is 0 Å². The van der Waals surface area contributed by atoms with Crippen molar-refractivity contribution in [3.05, 3.63) is 35.9 Å². The number of nitrogens with one attached hydrogen (secondary N) is 1. The second-order valence-corrected chi connectivity index (χ2v) is 6.14. The molecule has 0 aromatic heterocycles. The van der Waals surface area contributed by atoms with E-state index in [0.29, 0.717) is 6.04 Å². The number of amides is 1. The largest absolute Gasteiger partial charge is 0.349 e. The molecule has 3 nitrogen and oxygen atoms in total. The van der Waals surface area contributed by atoms with Crippen molar-refractivity contribution in [3.63, 3.8) is 0 Å². The van der Waals surface area contributed by atoms with Crippen LogP contribution in [0.3, 0.4) is 0 Å². The maximum absolute atomic E-state index is 12.1. The molecule has 0 bridgehead atoms. The Labute approximate surface area is 122 Å². The van der Waals surface area contributed by atoms with Crippen LogP contribution in [0.2, 0.25) is 0 Å². The molecular weight excluding hydrogens is 248 g/mol. The normalized spacial score (nSPS) is 17.4. The van der Waals surface area contributed by atoms with Gasteiger partial charge in [0.15, 0.2) is 0 Å². The minimum absolute atomic E-state index is 0.0613. The molecule has 1 amide bonds. The van der Waals surface area contributed by atoms with Gasteiger partial charge in [0.05, 0.1) is 0 Å². The van der Waals surface area contributed by atoms with E-state index < -0.39 is 0 Å². The van der Waals surface area contributed by atoms with E-state index in [1.54, 1.807) is 0 Å².